The lowest BCUT2D eigenvalue weighted by molar-refractivity contribution is -0.106. The van der Waals surface area contributed by atoms with Crippen LogP contribution in [0.3, 0.4) is 0 Å². The van der Waals surface area contributed by atoms with Crippen LogP contribution in [0.4, 0.5) is 15.8 Å². The Hall–Kier alpha value is -3.15. The van der Waals surface area contributed by atoms with Crippen molar-refractivity contribution < 1.29 is 9.18 Å². The van der Waals surface area contributed by atoms with E-state index < -0.39 is 5.95 Å². The van der Waals surface area contributed by atoms with E-state index in [9.17, 15) is 9.18 Å². The topological polar surface area (TPSA) is 59.0 Å². The Balaban J connectivity index is 2.19. The number of hydrogen-bond donors (Lipinski definition) is 0. The van der Waals surface area contributed by atoms with Crippen molar-refractivity contribution in [1.82, 2.24) is 15.0 Å². The summed E-state index contributed by atoms with van der Waals surface area (Å²) in [5.41, 5.74) is 3.56. The monoisotopic (exact) mass is 364 g/mol. The van der Waals surface area contributed by atoms with Gasteiger partial charge in [-0.3, -0.25) is 9.69 Å². The number of aromatic nitrogens is 3. The molecule has 0 aliphatic rings. The molecule has 0 atom stereocenters. The number of carbonyl (C=O) groups is 1. The number of nitrogens with zero attached hydrogens (tertiary/aromatic N) is 4. The Morgan fingerprint density at radius 2 is 1.70 bits per heavy atom. The lowest BCUT2D eigenvalue weighted by atomic mass is 9.84. The summed E-state index contributed by atoms with van der Waals surface area (Å²) >= 11 is 0. The fourth-order valence-electron chi connectivity index (χ4n) is 2.89. The first-order valence-electron chi connectivity index (χ1n) is 8.59. The second-order valence-corrected chi connectivity index (χ2v) is 7.31. The van der Waals surface area contributed by atoms with E-state index in [4.69, 9.17) is 0 Å². The maximum absolute atomic E-state index is 13.6. The largest absolute Gasteiger partial charge is 0.283 e. The molecule has 0 radical (unpaired) electrons. The van der Waals surface area contributed by atoms with Gasteiger partial charge < -0.3 is 0 Å². The maximum Gasteiger partial charge on any atom is 0.218 e. The number of anilines is 2. The number of aryl methyl sites for hydroxylation is 1. The van der Waals surface area contributed by atoms with Crippen molar-refractivity contribution in [3.05, 3.63) is 66.3 Å². The molecule has 0 fully saturated rings. The van der Waals surface area contributed by atoms with Gasteiger partial charge in [0.15, 0.2) is 0 Å². The van der Waals surface area contributed by atoms with Gasteiger partial charge in [0, 0.05) is 30.2 Å². The average Bonchev–Trinajstić information content (AvgIpc) is 2.62. The zero-order valence-electron chi connectivity index (χ0n) is 15.8. The highest BCUT2D eigenvalue weighted by molar-refractivity contribution is 5.89. The Morgan fingerprint density at radius 1 is 1.00 bits per heavy atom. The highest BCUT2D eigenvalue weighted by Gasteiger charge is 2.23. The van der Waals surface area contributed by atoms with E-state index in [1.165, 1.54) is 17.2 Å². The molecule has 1 amide bonds. The van der Waals surface area contributed by atoms with Crippen molar-refractivity contribution in [3.63, 3.8) is 0 Å². The van der Waals surface area contributed by atoms with Crippen LogP contribution in [0.25, 0.3) is 11.1 Å². The highest BCUT2D eigenvalue weighted by Crippen LogP contribution is 2.37. The van der Waals surface area contributed by atoms with Gasteiger partial charge in [-0.25, -0.2) is 15.0 Å². The molecule has 0 spiro atoms. The van der Waals surface area contributed by atoms with E-state index in [1.807, 2.05) is 25.1 Å². The van der Waals surface area contributed by atoms with E-state index in [0.717, 1.165) is 16.7 Å². The van der Waals surface area contributed by atoms with Gasteiger partial charge in [-0.05, 0) is 35.6 Å². The molecule has 2 aromatic heterocycles. The molecule has 0 unspecified atom stereocenters. The van der Waals surface area contributed by atoms with E-state index in [-0.39, 0.29) is 5.41 Å². The van der Waals surface area contributed by atoms with E-state index >= 15 is 0 Å². The van der Waals surface area contributed by atoms with Gasteiger partial charge in [0.1, 0.15) is 5.82 Å². The van der Waals surface area contributed by atoms with Crippen LogP contribution in [0.1, 0.15) is 32.2 Å². The molecule has 0 aliphatic heterocycles. The van der Waals surface area contributed by atoms with Crippen LogP contribution < -0.4 is 4.90 Å². The van der Waals surface area contributed by atoms with Crippen LogP contribution in [0, 0.1) is 12.9 Å². The van der Waals surface area contributed by atoms with Gasteiger partial charge in [-0.1, -0.05) is 32.9 Å². The molecule has 0 N–H and O–H groups in total. The Labute approximate surface area is 157 Å². The molecule has 0 aliphatic carbocycles. The van der Waals surface area contributed by atoms with Gasteiger partial charge in [-0.15, -0.1) is 0 Å². The van der Waals surface area contributed by atoms with E-state index in [2.05, 4.69) is 35.7 Å². The number of carbonyl (C=O) groups excluding carboxylic acids is 1. The SMILES string of the molecule is Cc1ncc(-c2ccc(C(C)(C)C)c(N(C=O)c3ccnc(F)c3)c2)cn1. The van der Waals surface area contributed by atoms with Gasteiger partial charge >= 0.3 is 0 Å². The van der Waals surface area contributed by atoms with E-state index in [0.29, 0.717) is 23.6 Å². The lowest BCUT2D eigenvalue weighted by Gasteiger charge is -2.28. The molecule has 2 heterocycles. The molecule has 5 nitrogen and oxygen atoms in total. The third kappa shape index (κ3) is 4.00. The van der Waals surface area contributed by atoms with Crippen molar-refractivity contribution in [1.29, 1.82) is 0 Å². The molecule has 27 heavy (non-hydrogen) atoms. The van der Waals surface area contributed by atoms with Crippen LogP contribution in [-0.4, -0.2) is 21.4 Å². The summed E-state index contributed by atoms with van der Waals surface area (Å²) in [6.45, 7) is 8.02. The minimum atomic E-state index is -0.639. The summed E-state index contributed by atoms with van der Waals surface area (Å²) < 4.78 is 13.6. The quantitative estimate of drug-likeness (QED) is 0.502. The molecule has 138 valence electrons. The van der Waals surface area contributed by atoms with Gasteiger partial charge in [0.05, 0.1) is 11.4 Å². The third-order valence-corrected chi connectivity index (χ3v) is 4.27. The first kappa shape index (κ1) is 18.6. The summed E-state index contributed by atoms with van der Waals surface area (Å²) in [6, 6.07) is 8.71. The van der Waals surface area contributed by atoms with Gasteiger partial charge in [0.25, 0.3) is 0 Å². The van der Waals surface area contributed by atoms with Crippen molar-refractivity contribution >= 4 is 17.8 Å². The summed E-state index contributed by atoms with van der Waals surface area (Å²) in [6.07, 6.45) is 5.52. The van der Waals surface area contributed by atoms with E-state index in [1.54, 1.807) is 18.5 Å². The first-order valence-corrected chi connectivity index (χ1v) is 8.59. The zero-order valence-corrected chi connectivity index (χ0v) is 15.8. The van der Waals surface area contributed by atoms with Crippen molar-refractivity contribution in [2.75, 3.05) is 4.90 Å². The number of benzene rings is 1. The van der Waals surface area contributed by atoms with Crippen LogP contribution in [0.5, 0.6) is 0 Å². The average molecular weight is 364 g/mol. The molecular formula is C21H21FN4O. The molecule has 1 aromatic carbocycles. The number of hydrogen-bond acceptors (Lipinski definition) is 4. The summed E-state index contributed by atoms with van der Waals surface area (Å²) in [5, 5.41) is 0. The van der Waals surface area contributed by atoms with Crippen LogP contribution in [0.15, 0.2) is 48.9 Å². The molecule has 3 rings (SSSR count). The normalized spacial score (nSPS) is 11.3. The minimum Gasteiger partial charge on any atom is -0.283 e. The Kier molecular flexibility index (Phi) is 4.99. The first-order chi connectivity index (χ1) is 12.8. The third-order valence-electron chi connectivity index (χ3n) is 4.27. The zero-order chi connectivity index (χ0) is 19.6. The second-order valence-electron chi connectivity index (χ2n) is 7.31. The molecule has 0 saturated heterocycles. The smallest absolute Gasteiger partial charge is 0.218 e. The molecule has 0 bridgehead atoms. The fourth-order valence-corrected chi connectivity index (χ4v) is 2.89. The predicted molar refractivity (Wildman–Crippen MR) is 103 cm³/mol. The minimum absolute atomic E-state index is 0.218. The van der Waals surface area contributed by atoms with Crippen LogP contribution in [0.2, 0.25) is 0 Å². The highest BCUT2D eigenvalue weighted by atomic mass is 19.1. The molecular weight excluding hydrogens is 343 g/mol. The summed E-state index contributed by atoms with van der Waals surface area (Å²) in [7, 11) is 0. The molecule has 6 heteroatoms. The Bertz CT molecular complexity index is 965. The lowest BCUT2D eigenvalue weighted by Crippen LogP contribution is -2.21. The molecule has 3 aromatic rings. The van der Waals surface area contributed by atoms with Crippen molar-refractivity contribution in [3.8, 4) is 11.1 Å². The second kappa shape index (κ2) is 7.23. The standard InChI is InChI=1S/C21H21FN4O/c1-14-24-11-16(12-25-14)15-5-6-18(21(2,3)4)19(9-15)26(13-27)17-7-8-23-20(22)10-17/h5-13H,1-4H3. The number of pyridine rings is 1. The van der Waals surface area contributed by atoms with Gasteiger partial charge in [0.2, 0.25) is 12.4 Å². The maximum atomic E-state index is 13.6. The van der Waals surface area contributed by atoms with Crippen molar-refractivity contribution in [2.24, 2.45) is 0 Å². The Morgan fingerprint density at radius 3 is 2.30 bits per heavy atom. The predicted octanol–water partition coefficient (Wildman–Crippen LogP) is 4.58. The van der Waals surface area contributed by atoms with Crippen LogP contribution in [-0.2, 0) is 10.2 Å². The van der Waals surface area contributed by atoms with Gasteiger partial charge in [-0.2, -0.15) is 4.39 Å². The van der Waals surface area contributed by atoms with Crippen molar-refractivity contribution in [2.45, 2.75) is 33.1 Å². The fraction of sp³-hybridized carbons (Fsp3) is 0.238. The summed E-state index contributed by atoms with van der Waals surface area (Å²) in [4.78, 5) is 25.4. The number of rotatable bonds is 4. The number of halogens is 1. The number of amides is 1. The van der Waals surface area contributed by atoms with Crippen LogP contribution >= 0.6 is 0 Å². The summed E-state index contributed by atoms with van der Waals surface area (Å²) in [5.74, 6) is 0.0480. The molecule has 0 saturated carbocycles.